The summed E-state index contributed by atoms with van der Waals surface area (Å²) in [6.45, 7) is 3.81. The molecule has 0 saturated heterocycles. The van der Waals surface area contributed by atoms with E-state index >= 15 is 0 Å². The molecule has 0 spiro atoms. The summed E-state index contributed by atoms with van der Waals surface area (Å²) in [6.07, 6.45) is 0. The van der Waals surface area contributed by atoms with Crippen molar-refractivity contribution in [2.24, 2.45) is 0 Å². The molecule has 6 heteroatoms. The molecule has 94 valence electrons. The average molecular weight is 245 g/mol. The Bertz CT molecular complexity index is 565. The highest BCUT2D eigenvalue weighted by atomic mass is 16.5. The Morgan fingerprint density at radius 3 is 3.11 bits per heavy atom. The van der Waals surface area contributed by atoms with Crippen molar-refractivity contribution < 1.29 is 4.74 Å². The first-order valence-electron chi connectivity index (χ1n) is 5.95. The quantitative estimate of drug-likeness (QED) is 0.855. The standard InChI is InChI=1S/C12H15N5O/c1-8-6-13-7-10-15-16-12(17(8)10)9-4-3-5-11(14-9)18-2/h3-5,8,13H,6-7H2,1-2H3. The van der Waals surface area contributed by atoms with Gasteiger partial charge in [-0.2, -0.15) is 0 Å². The molecule has 0 aliphatic carbocycles. The first-order valence-corrected chi connectivity index (χ1v) is 5.95. The maximum absolute atomic E-state index is 5.14. The van der Waals surface area contributed by atoms with Gasteiger partial charge in [0.2, 0.25) is 5.88 Å². The van der Waals surface area contributed by atoms with Crippen LogP contribution in [0.15, 0.2) is 18.2 Å². The van der Waals surface area contributed by atoms with Gasteiger partial charge in [0.05, 0.1) is 13.7 Å². The lowest BCUT2D eigenvalue weighted by atomic mass is 10.2. The van der Waals surface area contributed by atoms with E-state index in [0.717, 1.165) is 30.4 Å². The lowest BCUT2D eigenvalue weighted by Crippen LogP contribution is -2.32. The monoisotopic (exact) mass is 245 g/mol. The van der Waals surface area contributed by atoms with E-state index in [9.17, 15) is 0 Å². The SMILES string of the molecule is COc1cccc(-c2nnc3n2C(C)CNC3)n1. The summed E-state index contributed by atoms with van der Waals surface area (Å²) in [6, 6.07) is 5.98. The van der Waals surface area contributed by atoms with Gasteiger partial charge in [-0.15, -0.1) is 10.2 Å². The molecule has 1 aliphatic heterocycles. The normalized spacial score (nSPS) is 18.4. The maximum atomic E-state index is 5.14. The van der Waals surface area contributed by atoms with Crippen LogP contribution in [0.1, 0.15) is 18.8 Å². The molecule has 1 N–H and O–H groups in total. The first kappa shape index (κ1) is 11.2. The predicted octanol–water partition coefficient (Wildman–Crippen LogP) is 1.01. The zero-order chi connectivity index (χ0) is 12.5. The second kappa shape index (κ2) is 4.38. The Labute approximate surface area is 105 Å². The van der Waals surface area contributed by atoms with E-state index in [4.69, 9.17) is 4.74 Å². The molecule has 1 aliphatic rings. The molecule has 0 amide bonds. The lowest BCUT2D eigenvalue weighted by Gasteiger charge is -2.23. The second-order valence-corrected chi connectivity index (χ2v) is 4.35. The van der Waals surface area contributed by atoms with Crippen LogP contribution in [0.4, 0.5) is 0 Å². The van der Waals surface area contributed by atoms with Crippen LogP contribution >= 0.6 is 0 Å². The molecule has 3 rings (SSSR count). The van der Waals surface area contributed by atoms with Crippen molar-refractivity contribution >= 4 is 0 Å². The summed E-state index contributed by atoms with van der Waals surface area (Å²) in [5.74, 6) is 2.35. The summed E-state index contributed by atoms with van der Waals surface area (Å²) < 4.78 is 7.28. The average Bonchev–Trinajstić information content (AvgIpc) is 2.84. The summed E-state index contributed by atoms with van der Waals surface area (Å²) in [5, 5.41) is 11.8. The molecule has 0 fully saturated rings. The third-order valence-electron chi connectivity index (χ3n) is 3.09. The third kappa shape index (κ3) is 1.74. The Morgan fingerprint density at radius 2 is 2.28 bits per heavy atom. The van der Waals surface area contributed by atoms with Gasteiger partial charge >= 0.3 is 0 Å². The number of hydrogen-bond donors (Lipinski definition) is 1. The van der Waals surface area contributed by atoms with Crippen LogP contribution in [0, 0.1) is 0 Å². The molecular formula is C12H15N5O. The molecule has 0 bridgehead atoms. The van der Waals surface area contributed by atoms with Crippen molar-refractivity contribution in [1.29, 1.82) is 0 Å². The molecule has 0 saturated carbocycles. The Kier molecular flexibility index (Phi) is 2.71. The van der Waals surface area contributed by atoms with Crippen LogP contribution in [0.5, 0.6) is 5.88 Å². The number of nitrogens with one attached hydrogen (secondary N) is 1. The van der Waals surface area contributed by atoms with Crippen molar-refractivity contribution in [2.45, 2.75) is 19.5 Å². The van der Waals surface area contributed by atoms with E-state index in [1.165, 1.54) is 0 Å². The lowest BCUT2D eigenvalue weighted by molar-refractivity contribution is 0.397. The summed E-state index contributed by atoms with van der Waals surface area (Å²) in [4.78, 5) is 4.41. The third-order valence-corrected chi connectivity index (χ3v) is 3.09. The van der Waals surface area contributed by atoms with Crippen LogP contribution in [-0.4, -0.2) is 33.4 Å². The Morgan fingerprint density at radius 1 is 1.39 bits per heavy atom. The zero-order valence-electron chi connectivity index (χ0n) is 10.4. The molecule has 0 aromatic carbocycles. The molecule has 18 heavy (non-hydrogen) atoms. The largest absolute Gasteiger partial charge is 0.481 e. The van der Waals surface area contributed by atoms with Crippen LogP contribution in [0.3, 0.4) is 0 Å². The molecule has 1 atom stereocenters. The summed E-state index contributed by atoms with van der Waals surface area (Å²) in [5.41, 5.74) is 0.793. The molecule has 2 aromatic rings. The number of ether oxygens (including phenoxy) is 1. The Hall–Kier alpha value is -1.95. The van der Waals surface area contributed by atoms with Crippen molar-refractivity contribution in [2.75, 3.05) is 13.7 Å². The number of hydrogen-bond acceptors (Lipinski definition) is 5. The minimum absolute atomic E-state index is 0.326. The molecule has 2 aromatic heterocycles. The van der Waals surface area contributed by atoms with Crippen LogP contribution < -0.4 is 10.1 Å². The van der Waals surface area contributed by atoms with E-state index in [-0.39, 0.29) is 0 Å². The van der Waals surface area contributed by atoms with E-state index < -0.39 is 0 Å². The van der Waals surface area contributed by atoms with Crippen molar-refractivity contribution in [3.05, 3.63) is 24.0 Å². The smallest absolute Gasteiger partial charge is 0.213 e. The van der Waals surface area contributed by atoms with Gasteiger partial charge < -0.3 is 14.6 Å². The topological polar surface area (TPSA) is 64.9 Å². The molecule has 6 nitrogen and oxygen atoms in total. The van der Waals surface area contributed by atoms with Gasteiger partial charge in [0.1, 0.15) is 11.5 Å². The fraction of sp³-hybridized carbons (Fsp3) is 0.417. The predicted molar refractivity (Wildman–Crippen MR) is 66.2 cm³/mol. The van der Waals surface area contributed by atoms with Crippen LogP contribution in [0.2, 0.25) is 0 Å². The van der Waals surface area contributed by atoms with Gasteiger partial charge in [-0.05, 0) is 13.0 Å². The number of methoxy groups -OCH3 is 1. The summed E-state index contributed by atoms with van der Waals surface area (Å²) >= 11 is 0. The number of fused-ring (bicyclic) bond motifs is 1. The molecule has 3 heterocycles. The second-order valence-electron chi connectivity index (χ2n) is 4.35. The number of nitrogens with zero attached hydrogens (tertiary/aromatic N) is 4. The van der Waals surface area contributed by atoms with E-state index in [2.05, 4.69) is 32.0 Å². The van der Waals surface area contributed by atoms with Gasteiger partial charge in [-0.25, -0.2) is 4.98 Å². The van der Waals surface area contributed by atoms with E-state index in [1.807, 2.05) is 18.2 Å². The van der Waals surface area contributed by atoms with Gasteiger partial charge in [-0.1, -0.05) is 6.07 Å². The Balaban J connectivity index is 2.09. The highest BCUT2D eigenvalue weighted by Crippen LogP contribution is 2.24. The van der Waals surface area contributed by atoms with Crippen molar-refractivity contribution in [1.82, 2.24) is 25.1 Å². The number of pyridine rings is 1. The van der Waals surface area contributed by atoms with Gasteiger partial charge in [-0.3, -0.25) is 0 Å². The van der Waals surface area contributed by atoms with Crippen molar-refractivity contribution in [3.63, 3.8) is 0 Å². The highest BCUT2D eigenvalue weighted by Gasteiger charge is 2.22. The van der Waals surface area contributed by atoms with Gasteiger partial charge in [0, 0.05) is 18.7 Å². The number of rotatable bonds is 2. The minimum atomic E-state index is 0.326. The maximum Gasteiger partial charge on any atom is 0.213 e. The molecule has 0 radical (unpaired) electrons. The van der Waals surface area contributed by atoms with Crippen LogP contribution in [0.25, 0.3) is 11.5 Å². The van der Waals surface area contributed by atoms with E-state index in [1.54, 1.807) is 7.11 Å². The fourth-order valence-electron chi connectivity index (χ4n) is 2.22. The first-order chi connectivity index (χ1) is 8.79. The highest BCUT2D eigenvalue weighted by molar-refractivity contribution is 5.51. The van der Waals surface area contributed by atoms with Crippen molar-refractivity contribution in [3.8, 4) is 17.4 Å². The van der Waals surface area contributed by atoms with E-state index in [0.29, 0.717) is 11.9 Å². The summed E-state index contributed by atoms with van der Waals surface area (Å²) in [7, 11) is 1.61. The number of aromatic nitrogens is 4. The van der Waals surface area contributed by atoms with Crippen LogP contribution in [-0.2, 0) is 6.54 Å². The zero-order valence-corrected chi connectivity index (χ0v) is 10.4. The van der Waals surface area contributed by atoms with Gasteiger partial charge in [0.15, 0.2) is 5.82 Å². The molecule has 1 unspecified atom stereocenters. The molecular weight excluding hydrogens is 230 g/mol. The van der Waals surface area contributed by atoms with Gasteiger partial charge in [0.25, 0.3) is 0 Å². The minimum Gasteiger partial charge on any atom is -0.481 e. The fourth-order valence-corrected chi connectivity index (χ4v) is 2.22.